The highest BCUT2D eigenvalue weighted by atomic mass is 19.4. The number of pyridine rings is 1. The van der Waals surface area contributed by atoms with Crippen molar-refractivity contribution in [3.05, 3.63) is 64.3 Å². The lowest BCUT2D eigenvalue weighted by atomic mass is 9.94. The Balaban J connectivity index is 1.32. The summed E-state index contributed by atoms with van der Waals surface area (Å²) in [4.78, 5) is 22.2. The fourth-order valence-electron chi connectivity index (χ4n) is 5.05. The van der Waals surface area contributed by atoms with Crippen LogP contribution in [0.5, 0.6) is 23.1 Å². The number of hydrogen-bond acceptors (Lipinski definition) is 8. The quantitative estimate of drug-likeness (QED) is 0.507. The molecule has 196 valence electrons. The second-order valence-corrected chi connectivity index (χ2v) is 9.35. The first-order valence-corrected chi connectivity index (χ1v) is 11.6. The molecule has 1 N–H and O–H groups in total. The molecule has 37 heavy (non-hydrogen) atoms. The molecule has 0 radical (unpaired) electrons. The summed E-state index contributed by atoms with van der Waals surface area (Å²) in [7, 11) is 1.48. The van der Waals surface area contributed by atoms with E-state index in [0.717, 1.165) is 18.7 Å². The number of rotatable bonds is 7. The van der Waals surface area contributed by atoms with Gasteiger partial charge in [0.15, 0.2) is 5.82 Å². The van der Waals surface area contributed by atoms with Crippen LogP contribution in [-0.4, -0.2) is 45.4 Å². The highest BCUT2D eigenvalue weighted by Gasteiger charge is 2.52. The van der Waals surface area contributed by atoms with Gasteiger partial charge in [0.2, 0.25) is 5.75 Å². The van der Waals surface area contributed by atoms with Gasteiger partial charge >= 0.3 is 11.9 Å². The van der Waals surface area contributed by atoms with E-state index in [9.17, 15) is 23.1 Å². The molecule has 0 saturated carbocycles. The van der Waals surface area contributed by atoms with Crippen molar-refractivity contribution in [2.75, 3.05) is 25.2 Å². The maximum absolute atomic E-state index is 12.9. The zero-order valence-corrected chi connectivity index (χ0v) is 20.2. The molecular formula is C25H25F3N4O5. The Morgan fingerprint density at radius 1 is 1.19 bits per heavy atom. The number of aliphatic hydroxyl groups excluding tert-OH is 1. The standard InChI is InChI=1S/C25H25F3N4O5/c1-15-10-24(14-33)13-31-22(32(24)11-15)20(35-2)21(30-23(31)34)36-12-16-3-5-17(6-4-16)37-18-7-8-29-19(9-18)25(26,27)28/h3-9,15,33H,10-14H2,1-2H3/t15-,24-/m1/s1. The van der Waals surface area contributed by atoms with Gasteiger partial charge in [-0.2, -0.15) is 18.2 Å². The van der Waals surface area contributed by atoms with E-state index in [0.29, 0.717) is 41.9 Å². The lowest BCUT2D eigenvalue weighted by molar-refractivity contribution is -0.141. The Labute approximate surface area is 210 Å². The molecule has 5 rings (SSSR count). The van der Waals surface area contributed by atoms with E-state index in [1.807, 2.05) is 4.90 Å². The average molecular weight is 518 g/mol. The number of alkyl halides is 3. The molecule has 0 unspecified atom stereocenters. The van der Waals surface area contributed by atoms with Crippen LogP contribution >= 0.6 is 0 Å². The number of ether oxygens (including phenoxy) is 3. The van der Waals surface area contributed by atoms with Crippen LogP contribution in [0.4, 0.5) is 19.0 Å². The molecule has 1 aromatic carbocycles. The maximum atomic E-state index is 12.9. The molecule has 12 heteroatoms. The second-order valence-electron chi connectivity index (χ2n) is 9.35. The summed E-state index contributed by atoms with van der Waals surface area (Å²) in [5.74, 6) is 1.60. The van der Waals surface area contributed by atoms with E-state index < -0.39 is 23.1 Å². The van der Waals surface area contributed by atoms with E-state index in [2.05, 4.69) is 16.9 Å². The lowest BCUT2D eigenvalue weighted by Crippen LogP contribution is -2.45. The zero-order valence-electron chi connectivity index (χ0n) is 20.2. The molecule has 0 amide bonds. The number of methoxy groups -OCH3 is 1. The average Bonchev–Trinajstić information content (AvgIpc) is 3.36. The number of benzene rings is 1. The molecule has 3 aromatic rings. The number of fused-ring (bicyclic) bond motifs is 3. The summed E-state index contributed by atoms with van der Waals surface area (Å²) < 4.78 is 57.1. The molecule has 2 aliphatic rings. The molecular weight excluding hydrogens is 493 g/mol. The summed E-state index contributed by atoms with van der Waals surface area (Å²) in [6.45, 7) is 3.06. The number of hydrogen-bond donors (Lipinski definition) is 1. The topological polar surface area (TPSA) is 98.9 Å². The van der Waals surface area contributed by atoms with Crippen molar-refractivity contribution in [2.45, 2.75) is 38.2 Å². The molecule has 2 atom stereocenters. The summed E-state index contributed by atoms with van der Waals surface area (Å²) in [6.07, 6.45) is -2.79. The maximum Gasteiger partial charge on any atom is 0.433 e. The van der Waals surface area contributed by atoms with E-state index in [1.54, 1.807) is 24.3 Å². The number of aromatic nitrogens is 3. The van der Waals surface area contributed by atoms with Gasteiger partial charge in [-0.25, -0.2) is 4.79 Å². The molecule has 0 bridgehead atoms. The first kappa shape index (κ1) is 24.9. The third-order valence-electron chi connectivity index (χ3n) is 6.64. The highest BCUT2D eigenvalue weighted by Crippen LogP contribution is 2.48. The Bertz CT molecular complexity index is 1360. The highest BCUT2D eigenvalue weighted by molar-refractivity contribution is 5.63. The molecule has 1 saturated heterocycles. The van der Waals surface area contributed by atoms with Crippen LogP contribution in [-0.2, 0) is 19.3 Å². The Morgan fingerprint density at radius 3 is 2.62 bits per heavy atom. The van der Waals surface area contributed by atoms with Crippen molar-refractivity contribution in [1.29, 1.82) is 0 Å². The predicted molar refractivity (Wildman–Crippen MR) is 126 cm³/mol. The van der Waals surface area contributed by atoms with Crippen LogP contribution in [0.1, 0.15) is 24.6 Å². The fourth-order valence-corrected chi connectivity index (χ4v) is 5.05. The minimum Gasteiger partial charge on any atom is -0.489 e. The van der Waals surface area contributed by atoms with E-state index in [4.69, 9.17) is 14.2 Å². The predicted octanol–water partition coefficient (Wildman–Crippen LogP) is 3.63. The summed E-state index contributed by atoms with van der Waals surface area (Å²) in [5.41, 5.74) is -1.38. The van der Waals surface area contributed by atoms with E-state index in [-0.39, 0.29) is 24.8 Å². The van der Waals surface area contributed by atoms with Crippen LogP contribution in [0, 0.1) is 5.92 Å². The lowest BCUT2D eigenvalue weighted by Gasteiger charge is -2.30. The van der Waals surface area contributed by atoms with Crippen LogP contribution in [0.25, 0.3) is 0 Å². The monoisotopic (exact) mass is 518 g/mol. The third-order valence-corrected chi connectivity index (χ3v) is 6.64. The van der Waals surface area contributed by atoms with Gasteiger partial charge in [-0.1, -0.05) is 19.1 Å². The fraction of sp³-hybridized carbons (Fsp3) is 0.400. The van der Waals surface area contributed by atoms with Gasteiger partial charge in [0.1, 0.15) is 23.8 Å². The number of anilines is 1. The van der Waals surface area contributed by atoms with Crippen molar-refractivity contribution in [1.82, 2.24) is 14.5 Å². The Morgan fingerprint density at radius 2 is 1.95 bits per heavy atom. The first-order chi connectivity index (χ1) is 17.6. The summed E-state index contributed by atoms with van der Waals surface area (Å²) in [5, 5.41) is 10.1. The van der Waals surface area contributed by atoms with Crippen molar-refractivity contribution in [2.24, 2.45) is 5.92 Å². The Kier molecular flexibility index (Phi) is 6.22. The SMILES string of the molecule is COc1c(OCc2ccc(Oc3ccnc(C(F)(F)F)c3)cc2)nc(=O)n2c1N1C[C@H](C)C[C@]1(CO)C2. The smallest absolute Gasteiger partial charge is 0.433 e. The minimum atomic E-state index is -4.57. The van der Waals surface area contributed by atoms with Gasteiger partial charge in [-0.05, 0) is 36.1 Å². The third kappa shape index (κ3) is 4.57. The van der Waals surface area contributed by atoms with Gasteiger partial charge in [-0.3, -0.25) is 9.55 Å². The van der Waals surface area contributed by atoms with Crippen LogP contribution < -0.4 is 24.8 Å². The van der Waals surface area contributed by atoms with E-state index in [1.165, 1.54) is 17.7 Å². The van der Waals surface area contributed by atoms with Gasteiger partial charge < -0.3 is 24.2 Å². The van der Waals surface area contributed by atoms with Crippen LogP contribution in [0.3, 0.4) is 0 Å². The molecule has 2 aliphatic heterocycles. The minimum absolute atomic E-state index is 0.00839. The summed E-state index contributed by atoms with van der Waals surface area (Å²) >= 11 is 0. The number of nitrogens with zero attached hydrogens (tertiary/aromatic N) is 4. The second kappa shape index (κ2) is 9.25. The van der Waals surface area contributed by atoms with Gasteiger partial charge in [0, 0.05) is 18.8 Å². The first-order valence-electron chi connectivity index (χ1n) is 11.6. The largest absolute Gasteiger partial charge is 0.489 e. The van der Waals surface area contributed by atoms with Crippen molar-refractivity contribution in [3.8, 4) is 23.1 Å². The number of halogens is 3. The normalized spacial score (nSPS) is 20.5. The van der Waals surface area contributed by atoms with Gasteiger partial charge in [0.25, 0.3) is 5.88 Å². The van der Waals surface area contributed by atoms with Gasteiger partial charge in [0.05, 0.1) is 25.8 Å². The zero-order chi connectivity index (χ0) is 26.4. The molecule has 0 aliphatic carbocycles. The molecule has 0 spiro atoms. The van der Waals surface area contributed by atoms with E-state index >= 15 is 0 Å². The van der Waals surface area contributed by atoms with Crippen LogP contribution in [0.15, 0.2) is 47.4 Å². The number of aliphatic hydroxyl groups is 1. The molecule has 2 aromatic heterocycles. The molecule has 9 nitrogen and oxygen atoms in total. The van der Waals surface area contributed by atoms with Crippen molar-refractivity contribution < 1.29 is 32.5 Å². The summed E-state index contributed by atoms with van der Waals surface area (Å²) in [6, 6.07) is 8.72. The van der Waals surface area contributed by atoms with Crippen molar-refractivity contribution >= 4 is 5.82 Å². The van der Waals surface area contributed by atoms with Crippen molar-refractivity contribution in [3.63, 3.8) is 0 Å². The molecule has 1 fully saturated rings. The molecule has 4 heterocycles. The van der Waals surface area contributed by atoms with Crippen LogP contribution in [0.2, 0.25) is 0 Å². The van der Waals surface area contributed by atoms with Gasteiger partial charge in [-0.15, -0.1) is 0 Å². The Hall–Kier alpha value is -3.80.